The number of thiocarbonyl (C=S) groups is 1. The summed E-state index contributed by atoms with van der Waals surface area (Å²) < 4.78 is 29.8. The molecule has 10 heteroatoms. The van der Waals surface area contributed by atoms with Gasteiger partial charge in [0.2, 0.25) is 5.91 Å². The predicted octanol–water partition coefficient (Wildman–Crippen LogP) is 3.54. The van der Waals surface area contributed by atoms with Crippen LogP contribution in [0.5, 0.6) is 0 Å². The standard InChI is InChI=1S/C19H17N3O4S3/c1-13-11-15(22-26-13)12-29(24,25)17-7-4-14(5-8-17)20-19(27)21-18(23)9-6-16-3-2-10-28-16/h2-11H,12H2,1H3,(H2,20,21,23,27)/b9-6+. The van der Waals surface area contributed by atoms with Crippen LogP contribution in [0.3, 0.4) is 0 Å². The quantitative estimate of drug-likeness (QED) is 0.440. The van der Waals surface area contributed by atoms with Gasteiger partial charge < -0.3 is 9.84 Å². The van der Waals surface area contributed by atoms with Crippen LogP contribution in [-0.4, -0.2) is 24.6 Å². The summed E-state index contributed by atoms with van der Waals surface area (Å²) in [4.78, 5) is 13.0. The summed E-state index contributed by atoms with van der Waals surface area (Å²) in [6.45, 7) is 1.70. The number of thiophene rings is 1. The molecule has 2 heterocycles. The first-order valence-electron chi connectivity index (χ1n) is 8.40. The van der Waals surface area contributed by atoms with Crippen molar-refractivity contribution >= 4 is 56.2 Å². The van der Waals surface area contributed by atoms with Crippen molar-refractivity contribution < 1.29 is 17.7 Å². The van der Waals surface area contributed by atoms with Crippen LogP contribution in [0.4, 0.5) is 5.69 Å². The Morgan fingerprint density at radius 2 is 2.03 bits per heavy atom. The zero-order valence-corrected chi connectivity index (χ0v) is 17.7. The van der Waals surface area contributed by atoms with Crippen LogP contribution in [0.1, 0.15) is 16.3 Å². The Kier molecular flexibility index (Phi) is 6.57. The maximum Gasteiger partial charge on any atom is 0.250 e. The van der Waals surface area contributed by atoms with E-state index >= 15 is 0 Å². The van der Waals surface area contributed by atoms with E-state index in [1.54, 1.807) is 31.2 Å². The molecule has 3 rings (SSSR count). The van der Waals surface area contributed by atoms with E-state index in [4.69, 9.17) is 16.7 Å². The van der Waals surface area contributed by atoms with Gasteiger partial charge in [-0.05, 0) is 60.9 Å². The van der Waals surface area contributed by atoms with E-state index in [0.717, 1.165) is 4.88 Å². The number of amides is 1. The minimum absolute atomic E-state index is 0.111. The van der Waals surface area contributed by atoms with Gasteiger partial charge in [-0.15, -0.1) is 11.3 Å². The maximum absolute atomic E-state index is 12.5. The van der Waals surface area contributed by atoms with Gasteiger partial charge in [-0.1, -0.05) is 11.2 Å². The number of sulfone groups is 1. The van der Waals surface area contributed by atoms with Crippen LogP contribution >= 0.6 is 23.6 Å². The molecule has 0 radical (unpaired) electrons. The molecule has 150 valence electrons. The van der Waals surface area contributed by atoms with Crippen LogP contribution in [0.2, 0.25) is 0 Å². The molecule has 1 aromatic carbocycles. The van der Waals surface area contributed by atoms with E-state index in [9.17, 15) is 13.2 Å². The molecular weight excluding hydrogens is 430 g/mol. The lowest BCUT2D eigenvalue weighted by molar-refractivity contribution is -0.115. The lowest BCUT2D eigenvalue weighted by Gasteiger charge is -2.09. The highest BCUT2D eigenvalue weighted by atomic mass is 32.2. The number of carbonyl (C=O) groups excluding carboxylic acids is 1. The number of benzene rings is 1. The summed E-state index contributed by atoms with van der Waals surface area (Å²) in [6, 6.07) is 11.4. The zero-order chi connectivity index (χ0) is 20.9. The molecule has 0 bridgehead atoms. The summed E-state index contributed by atoms with van der Waals surface area (Å²) in [7, 11) is -3.55. The van der Waals surface area contributed by atoms with E-state index in [1.807, 2.05) is 17.5 Å². The van der Waals surface area contributed by atoms with Gasteiger partial charge in [-0.25, -0.2) is 8.42 Å². The number of nitrogens with one attached hydrogen (secondary N) is 2. The number of hydrogen-bond acceptors (Lipinski definition) is 7. The zero-order valence-electron chi connectivity index (χ0n) is 15.3. The summed E-state index contributed by atoms with van der Waals surface area (Å²) in [6.07, 6.45) is 3.08. The van der Waals surface area contributed by atoms with Crippen molar-refractivity contribution in [2.24, 2.45) is 0 Å². The number of rotatable bonds is 6. The van der Waals surface area contributed by atoms with Crippen molar-refractivity contribution in [3.63, 3.8) is 0 Å². The lowest BCUT2D eigenvalue weighted by atomic mass is 10.3. The second-order valence-electron chi connectivity index (χ2n) is 6.00. The van der Waals surface area contributed by atoms with Crippen molar-refractivity contribution in [1.82, 2.24) is 10.5 Å². The third kappa shape index (κ3) is 6.08. The third-order valence-corrected chi connectivity index (χ3v) is 6.37. The van der Waals surface area contributed by atoms with E-state index < -0.39 is 9.84 Å². The summed E-state index contributed by atoms with van der Waals surface area (Å²) in [5.41, 5.74) is 0.901. The third-order valence-electron chi connectivity index (χ3n) is 3.66. The Labute approximate surface area is 177 Å². The van der Waals surface area contributed by atoms with Crippen LogP contribution < -0.4 is 10.6 Å². The van der Waals surface area contributed by atoms with Gasteiger partial charge >= 0.3 is 0 Å². The van der Waals surface area contributed by atoms with Crippen LogP contribution in [0, 0.1) is 6.92 Å². The minimum Gasteiger partial charge on any atom is -0.361 e. The number of aryl methyl sites for hydroxylation is 1. The highest BCUT2D eigenvalue weighted by Gasteiger charge is 2.17. The average molecular weight is 448 g/mol. The molecule has 2 N–H and O–H groups in total. The largest absolute Gasteiger partial charge is 0.361 e. The van der Waals surface area contributed by atoms with Crippen LogP contribution in [0.15, 0.2) is 63.3 Å². The number of aromatic nitrogens is 1. The second-order valence-corrected chi connectivity index (χ2v) is 9.38. The molecule has 0 fully saturated rings. The van der Waals surface area contributed by atoms with Crippen molar-refractivity contribution in [3.8, 4) is 0 Å². The molecule has 1 amide bonds. The fourth-order valence-electron chi connectivity index (χ4n) is 2.37. The summed E-state index contributed by atoms with van der Waals surface area (Å²) in [5, 5.41) is 11.1. The normalized spacial score (nSPS) is 11.5. The smallest absolute Gasteiger partial charge is 0.250 e. The second kappa shape index (κ2) is 9.12. The molecule has 0 atom stereocenters. The Hall–Kier alpha value is -2.82. The maximum atomic E-state index is 12.5. The molecule has 3 aromatic rings. The molecule has 0 aliphatic rings. The average Bonchev–Trinajstić information content (AvgIpc) is 3.32. The van der Waals surface area contributed by atoms with E-state index in [0.29, 0.717) is 17.1 Å². The first-order valence-corrected chi connectivity index (χ1v) is 11.3. The highest BCUT2D eigenvalue weighted by molar-refractivity contribution is 7.90. The lowest BCUT2D eigenvalue weighted by Crippen LogP contribution is -2.32. The van der Waals surface area contributed by atoms with Crippen molar-refractivity contribution in [3.05, 3.63) is 70.3 Å². The van der Waals surface area contributed by atoms with E-state index in [-0.39, 0.29) is 21.7 Å². The van der Waals surface area contributed by atoms with Gasteiger partial charge in [0.1, 0.15) is 11.5 Å². The van der Waals surface area contributed by atoms with Gasteiger partial charge in [0.05, 0.1) is 10.6 Å². The van der Waals surface area contributed by atoms with Gasteiger partial charge in [0.15, 0.2) is 14.9 Å². The minimum atomic E-state index is -3.55. The fourth-order valence-corrected chi connectivity index (χ4v) is 4.45. The molecule has 0 aliphatic heterocycles. The van der Waals surface area contributed by atoms with Crippen molar-refractivity contribution in [2.75, 3.05) is 5.32 Å². The first-order chi connectivity index (χ1) is 13.8. The molecule has 2 aromatic heterocycles. The number of nitrogens with zero attached hydrogens (tertiary/aromatic N) is 1. The number of anilines is 1. The van der Waals surface area contributed by atoms with Crippen LogP contribution in [-0.2, 0) is 20.4 Å². The molecule has 7 nitrogen and oxygen atoms in total. The highest BCUT2D eigenvalue weighted by Crippen LogP contribution is 2.19. The SMILES string of the molecule is Cc1cc(CS(=O)(=O)c2ccc(NC(=S)NC(=O)/C=C/c3cccs3)cc2)no1. The summed E-state index contributed by atoms with van der Waals surface area (Å²) in [5.74, 6) is -0.0594. The monoisotopic (exact) mass is 447 g/mol. The fraction of sp³-hybridized carbons (Fsp3) is 0.105. The van der Waals surface area contributed by atoms with Crippen LogP contribution in [0.25, 0.3) is 6.08 Å². The number of hydrogen-bond donors (Lipinski definition) is 2. The van der Waals surface area contributed by atoms with Gasteiger partial charge in [-0.2, -0.15) is 0 Å². The van der Waals surface area contributed by atoms with Crippen molar-refractivity contribution in [2.45, 2.75) is 17.6 Å². The van der Waals surface area contributed by atoms with E-state index in [1.165, 1.54) is 29.5 Å². The molecular formula is C19H17N3O4S3. The first kappa shape index (κ1) is 20.9. The Bertz CT molecular complexity index is 1130. The number of carbonyl (C=O) groups is 1. The van der Waals surface area contributed by atoms with Gasteiger partial charge in [0.25, 0.3) is 0 Å². The predicted molar refractivity (Wildman–Crippen MR) is 116 cm³/mol. The summed E-state index contributed by atoms with van der Waals surface area (Å²) >= 11 is 6.63. The van der Waals surface area contributed by atoms with Crippen molar-refractivity contribution in [1.29, 1.82) is 0 Å². The Morgan fingerprint density at radius 3 is 2.66 bits per heavy atom. The molecule has 0 aliphatic carbocycles. The topological polar surface area (TPSA) is 101 Å². The Morgan fingerprint density at radius 1 is 1.28 bits per heavy atom. The molecule has 0 spiro atoms. The Balaban J connectivity index is 1.56. The van der Waals surface area contributed by atoms with E-state index in [2.05, 4.69) is 15.8 Å². The van der Waals surface area contributed by atoms with Gasteiger partial charge in [-0.3, -0.25) is 10.1 Å². The molecule has 0 unspecified atom stereocenters. The molecule has 0 saturated heterocycles. The molecule has 29 heavy (non-hydrogen) atoms. The molecule has 0 saturated carbocycles. The van der Waals surface area contributed by atoms with Gasteiger partial charge in [0, 0.05) is 22.7 Å².